The number of hydrogen-bond donors (Lipinski definition) is 1. The molecule has 2 aromatic rings. The molecule has 0 spiro atoms. The van der Waals surface area contributed by atoms with Crippen LogP contribution in [0.3, 0.4) is 0 Å². The van der Waals surface area contributed by atoms with Gasteiger partial charge in [-0.1, -0.05) is 18.2 Å². The van der Waals surface area contributed by atoms with Gasteiger partial charge in [-0.25, -0.2) is 0 Å². The van der Waals surface area contributed by atoms with Gasteiger partial charge in [-0.3, -0.25) is 9.48 Å². The lowest BCUT2D eigenvalue weighted by Gasteiger charge is -2.37. The van der Waals surface area contributed by atoms with Gasteiger partial charge in [0, 0.05) is 17.7 Å². The van der Waals surface area contributed by atoms with Crippen molar-refractivity contribution in [3.8, 4) is 5.75 Å². The maximum Gasteiger partial charge on any atom is 0.272 e. The van der Waals surface area contributed by atoms with E-state index in [0.717, 1.165) is 23.4 Å². The van der Waals surface area contributed by atoms with Crippen LogP contribution in [-0.2, 0) is 0 Å². The minimum atomic E-state index is -0.317. The number of aryl methyl sites for hydroxylation is 1. The quantitative estimate of drug-likeness (QED) is 0.896. The standard InChI is InChI=1S/C21H27N3O2/c1-13-11-17(23-24(13)14(2)15-9-10-15)20(25)22-18-12-21(3,4)26-19-8-6-5-7-16(18)19/h5-8,11,14-15,18H,9-10,12H2,1-4H3,(H,22,25). The zero-order valence-electron chi connectivity index (χ0n) is 16.0. The van der Waals surface area contributed by atoms with Crippen molar-refractivity contribution in [3.05, 3.63) is 47.3 Å². The van der Waals surface area contributed by atoms with Crippen LogP contribution in [0.25, 0.3) is 0 Å². The summed E-state index contributed by atoms with van der Waals surface area (Å²) in [6.45, 7) is 8.32. The van der Waals surface area contributed by atoms with Crippen molar-refractivity contribution >= 4 is 5.91 Å². The van der Waals surface area contributed by atoms with Gasteiger partial charge in [-0.2, -0.15) is 5.10 Å². The summed E-state index contributed by atoms with van der Waals surface area (Å²) < 4.78 is 8.06. The Balaban J connectivity index is 1.56. The molecule has 1 aromatic carbocycles. The first kappa shape index (κ1) is 17.1. The average molecular weight is 353 g/mol. The molecule has 1 aromatic heterocycles. The number of nitrogens with one attached hydrogen (secondary N) is 1. The Kier molecular flexibility index (Phi) is 4.05. The zero-order valence-corrected chi connectivity index (χ0v) is 16.0. The molecule has 1 N–H and O–H groups in total. The van der Waals surface area contributed by atoms with Crippen LogP contribution in [0.15, 0.2) is 30.3 Å². The maximum atomic E-state index is 12.9. The average Bonchev–Trinajstić information content (AvgIpc) is 3.35. The molecule has 4 rings (SSSR count). The Labute approximate surface area is 154 Å². The number of fused-ring (bicyclic) bond motifs is 1. The van der Waals surface area contributed by atoms with Crippen molar-refractivity contribution in [3.63, 3.8) is 0 Å². The van der Waals surface area contributed by atoms with Gasteiger partial charge >= 0.3 is 0 Å². The van der Waals surface area contributed by atoms with Gasteiger partial charge in [-0.15, -0.1) is 0 Å². The van der Waals surface area contributed by atoms with E-state index in [4.69, 9.17) is 4.74 Å². The molecular weight excluding hydrogens is 326 g/mol. The molecule has 5 heteroatoms. The number of aromatic nitrogens is 2. The molecule has 0 bridgehead atoms. The molecule has 1 aliphatic carbocycles. The van der Waals surface area contributed by atoms with E-state index in [2.05, 4.69) is 31.2 Å². The molecule has 0 saturated heterocycles. The van der Waals surface area contributed by atoms with Gasteiger partial charge in [0.25, 0.3) is 5.91 Å². The summed E-state index contributed by atoms with van der Waals surface area (Å²) in [5, 5.41) is 7.78. The highest BCUT2D eigenvalue weighted by molar-refractivity contribution is 5.92. The monoisotopic (exact) mass is 353 g/mol. The van der Waals surface area contributed by atoms with Crippen LogP contribution in [0.2, 0.25) is 0 Å². The van der Waals surface area contributed by atoms with Crippen molar-refractivity contribution in [1.29, 1.82) is 0 Å². The van der Waals surface area contributed by atoms with E-state index in [1.807, 2.05) is 41.9 Å². The summed E-state index contributed by atoms with van der Waals surface area (Å²) in [6, 6.07) is 10.1. The molecule has 1 saturated carbocycles. The van der Waals surface area contributed by atoms with Crippen LogP contribution in [0.4, 0.5) is 0 Å². The highest BCUT2D eigenvalue weighted by Crippen LogP contribution is 2.40. The lowest BCUT2D eigenvalue weighted by atomic mass is 9.89. The fourth-order valence-corrected chi connectivity index (χ4v) is 3.95. The van der Waals surface area contributed by atoms with Crippen molar-refractivity contribution < 1.29 is 9.53 Å². The largest absolute Gasteiger partial charge is 0.487 e. The second kappa shape index (κ2) is 6.15. The number of hydrogen-bond acceptors (Lipinski definition) is 3. The second-order valence-corrected chi connectivity index (χ2v) is 8.32. The van der Waals surface area contributed by atoms with Gasteiger partial charge < -0.3 is 10.1 Å². The normalized spacial score (nSPS) is 22.2. The van der Waals surface area contributed by atoms with E-state index < -0.39 is 0 Å². The highest BCUT2D eigenvalue weighted by atomic mass is 16.5. The minimum absolute atomic E-state index is 0.0752. The number of amides is 1. The molecule has 1 aliphatic heterocycles. The second-order valence-electron chi connectivity index (χ2n) is 8.32. The summed E-state index contributed by atoms with van der Waals surface area (Å²) in [5.41, 5.74) is 2.25. The summed E-state index contributed by atoms with van der Waals surface area (Å²) in [7, 11) is 0. The molecule has 2 heterocycles. The number of nitrogens with zero attached hydrogens (tertiary/aromatic N) is 2. The molecule has 0 radical (unpaired) electrons. The summed E-state index contributed by atoms with van der Waals surface area (Å²) in [6.07, 6.45) is 3.25. The fourth-order valence-electron chi connectivity index (χ4n) is 3.95. The lowest BCUT2D eigenvalue weighted by molar-refractivity contribution is 0.0618. The first-order valence-electron chi connectivity index (χ1n) is 9.49. The van der Waals surface area contributed by atoms with Crippen LogP contribution in [0.1, 0.15) is 73.9 Å². The van der Waals surface area contributed by atoms with Crippen LogP contribution < -0.4 is 10.1 Å². The van der Waals surface area contributed by atoms with Crippen LogP contribution >= 0.6 is 0 Å². The summed E-state index contributed by atoms with van der Waals surface area (Å²) in [5.74, 6) is 1.43. The van der Waals surface area contributed by atoms with E-state index in [1.54, 1.807) is 0 Å². The van der Waals surface area contributed by atoms with Crippen LogP contribution in [0.5, 0.6) is 5.75 Å². The predicted octanol–water partition coefficient (Wildman–Crippen LogP) is 4.19. The van der Waals surface area contributed by atoms with Gasteiger partial charge in [0.1, 0.15) is 17.0 Å². The van der Waals surface area contributed by atoms with Crippen molar-refractivity contribution in [2.24, 2.45) is 5.92 Å². The molecule has 1 amide bonds. The van der Waals surface area contributed by atoms with Gasteiger partial charge in [0.2, 0.25) is 0 Å². The minimum Gasteiger partial charge on any atom is -0.487 e. The molecule has 26 heavy (non-hydrogen) atoms. The van der Waals surface area contributed by atoms with E-state index >= 15 is 0 Å². The van der Waals surface area contributed by atoms with Crippen molar-refractivity contribution in [2.45, 2.75) is 64.6 Å². The SMILES string of the molecule is Cc1cc(C(=O)NC2CC(C)(C)Oc3ccccc32)nn1C(C)C1CC1. The van der Waals surface area contributed by atoms with Gasteiger partial charge in [0.15, 0.2) is 0 Å². The Bertz CT molecular complexity index is 836. The van der Waals surface area contributed by atoms with Crippen molar-refractivity contribution in [1.82, 2.24) is 15.1 Å². The lowest BCUT2D eigenvalue weighted by Crippen LogP contribution is -2.41. The van der Waals surface area contributed by atoms with E-state index in [1.165, 1.54) is 12.8 Å². The van der Waals surface area contributed by atoms with E-state index in [0.29, 0.717) is 17.7 Å². The predicted molar refractivity (Wildman–Crippen MR) is 100 cm³/mol. The Morgan fingerprint density at radius 2 is 2.08 bits per heavy atom. The first-order chi connectivity index (χ1) is 12.3. The molecule has 5 nitrogen and oxygen atoms in total. The van der Waals surface area contributed by atoms with Crippen LogP contribution in [0, 0.1) is 12.8 Å². The summed E-state index contributed by atoms with van der Waals surface area (Å²) >= 11 is 0. The molecule has 2 aliphatic rings. The highest BCUT2D eigenvalue weighted by Gasteiger charge is 2.35. The number of ether oxygens (including phenoxy) is 1. The van der Waals surface area contributed by atoms with E-state index in [9.17, 15) is 4.79 Å². The van der Waals surface area contributed by atoms with E-state index in [-0.39, 0.29) is 17.6 Å². The number of benzene rings is 1. The third kappa shape index (κ3) is 3.22. The molecule has 1 fully saturated rings. The number of para-hydroxylation sites is 1. The number of carbonyl (C=O) groups is 1. The smallest absolute Gasteiger partial charge is 0.272 e. The Morgan fingerprint density at radius 1 is 1.35 bits per heavy atom. The first-order valence-corrected chi connectivity index (χ1v) is 9.49. The van der Waals surface area contributed by atoms with Crippen LogP contribution in [-0.4, -0.2) is 21.3 Å². The maximum absolute atomic E-state index is 12.9. The molecule has 2 atom stereocenters. The third-order valence-electron chi connectivity index (χ3n) is 5.53. The topological polar surface area (TPSA) is 56.1 Å². The van der Waals surface area contributed by atoms with Crippen molar-refractivity contribution in [2.75, 3.05) is 0 Å². The number of rotatable bonds is 4. The Morgan fingerprint density at radius 3 is 2.81 bits per heavy atom. The summed E-state index contributed by atoms with van der Waals surface area (Å²) in [4.78, 5) is 12.9. The van der Waals surface area contributed by atoms with Gasteiger partial charge in [0.05, 0.1) is 12.1 Å². The van der Waals surface area contributed by atoms with Gasteiger partial charge in [-0.05, 0) is 58.6 Å². The molecule has 138 valence electrons. The zero-order chi connectivity index (χ0) is 18.5. The fraction of sp³-hybridized carbons (Fsp3) is 0.524. The third-order valence-corrected chi connectivity index (χ3v) is 5.53. The Hall–Kier alpha value is -2.30. The molecule has 2 unspecified atom stereocenters. The number of carbonyl (C=O) groups excluding carboxylic acids is 1. The molecular formula is C21H27N3O2.